The Labute approximate surface area is 86.2 Å². The fourth-order valence-corrected chi connectivity index (χ4v) is 1.55. The van der Waals surface area contributed by atoms with Gasteiger partial charge in [-0.2, -0.15) is 5.10 Å². The minimum atomic E-state index is 0.629. The Morgan fingerprint density at radius 3 is 2.93 bits per heavy atom. The highest BCUT2D eigenvalue weighted by Gasteiger charge is 2.03. The summed E-state index contributed by atoms with van der Waals surface area (Å²) in [7, 11) is 0. The zero-order valence-corrected chi connectivity index (χ0v) is 8.07. The smallest absolute Gasteiger partial charge is 0.0717 e. The van der Waals surface area contributed by atoms with Gasteiger partial charge in [-0.25, -0.2) is 0 Å². The van der Waals surface area contributed by atoms with Gasteiger partial charge >= 0.3 is 0 Å². The summed E-state index contributed by atoms with van der Waals surface area (Å²) in [4.78, 5) is 4.23. The minimum absolute atomic E-state index is 0.629. The van der Waals surface area contributed by atoms with Crippen molar-refractivity contribution in [1.29, 1.82) is 0 Å². The van der Waals surface area contributed by atoms with Crippen molar-refractivity contribution < 1.29 is 0 Å². The molecular formula is C10H8ClN3. The maximum atomic E-state index is 6.13. The van der Waals surface area contributed by atoms with E-state index in [1.807, 2.05) is 24.3 Å². The number of hydrogen-bond acceptors (Lipinski definition) is 3. The quantitative estimate of drug-likeness (QED) is 0.441. The van der Waals surface area contributed by atoms with Crippen molar-refractivity contribution in [1.82, 2.24) is 4.98 Å². The van der Waals surface area contributed by atoms with E-state index in [1.165, 1.54) is 6.21 Å². The summed E-state index contributed by atoms with van der Waals surface area (Å²) in [5, 5.41) is 4.96. The van der Waals surface area contributed by atoms with Gasteiger partial charge in [-0.3, -0.25) is 4.98 Å². The molecule has 0 saturated carbocycles. The van der Waals surface area contributed by atoms with Crippen molar-refractivity contribution in [2.75, 3.05) is 0 Å². The second-order valence-corrected chi connectivity index (χ2v) is 3.20. The maximum absolute atomic E-state index is 6.13. The zero-order chi connectivity index (χ0) is 9.97. The lowest BCUT2D eigenvalue weighted by molar-refractivity contribution is 1.26. The van der Waals surface area contributed by atoms with Crippen molar-refractivity contribution in [3.8, 4) is 0 Å². The van der Waals surface area contributed by atoms with Gasteiger partial charge in [0.05, 0.1) is 16.8 Å². The molecule has 4 heteroatoms. The van der Waals surface area contributed by atoms with Crippen LogP contribution in [0.25, 0.3) is 10.9 Å². The number of fused-ring (bicyclic) bond motifs is 1. The summed E-state index contributed by atoms with van der Waals surface area (Å²) in [6.07, 6.45) is 3.14. The minimum Gasteiger partial charge on any atom is -0.323 e. The van der Waals surface area contributed by atoms with E-state index in [-0.39, 0.29) is 0 Å². The summed E-state index contributed by atoms with van der Waals surface area (Å²) in [5.74, 6) is 5.06. The molecule has 0 unspecified atom stereocenters. The first-order chi connectivity index (χ1) is 6.83. The van der Waals surface area contributed by atoms with Crippen LogP contribution in [0.5, 0.6) is 0 Å². The van der Waals surface area contributed by atoms with Gasteiger partial charge in [-0.05, 0) is 6.07 Å². The van der Waals surface area contributed by atoms with Gasteiger partial charge in [-0.15, -0.1) is 0 Å². The summed E-state index contributed by atoms with van der Waals surface area (Å²) >= 11 is 6.13. The molecule has 1 heterocycles. The van der Waals surface area contributed by atoms with E-state index in [0.29, 0.717) is 5.02 Å². The number of halogens is 1. The Bertz CT molecular complexity index is 494. The molecule has 0 atom stereocenters. The highest BCUT2D eigenvalue weighted by atomic mass is 35.5. The molecule has 2 N–H and O–H groups in total. The standard InChI is InChI=1S/C10H8ClN3/c11-10-7(6-14-12)5-13-9-4-2-1-3-8(9)10/h1-6H,12H2/b14-6-. The molecule has 1 aromatic heterocycles. The second kappa shape index (κ2) is 3.64. The van der Waals surface area contributed by atoms with Gasteiger partial charge in [-0.1, -0.05) is 29.8 Å². The number of nitrogens with zero attached hydrogens (tertiary/aromatic N) is 2. The van der Waals surface area contributed by atoms with Crippen molar-refractivity contribution in [3.05, 3.63) is 41.0 Å². The molecule has 0 aliphatic rings. The first kappa shape index (κ1) is 8.97. The largest absolute Gasteiger partial charge is 0.323 e. The van der Waals surface area contributed by atoms with Crippen molar-refractivity contribution >= 4 is 28.7 Å². The van der Waals surface area contributed by atoms with Crippen LogP contribution in [0.2, 0.25) is 5.02 Å². The van der Waals surface area contributed by atoms with Gasteiger partial charge in [0.2, 0.25) is 0 Å². The third-order valence-corrected chi connectivity index (χ3v) is 2.37. The molecular weight excluding hydrogens is 198 g/mol. The topological polar surface area (TPSA) is 51.3 Å². The highest BCUT2D eigenvalue weighted by molar-refractivity contribution is 6.37. The number of hydrazone groups is 1. The SMILES string of the molecule is N/N=C\c1cnc2ccccc2c1Cl. The van der Waals surface area contributed by atoms with E-state index in [0.717, 1.165) is 16.5 Å². The summed E-state index contributed by atoms with van der Waals surface area (Å²) < 4.78 is 0. The Kier molecular flexibility index (Phi) is 2.33. The average molecular weight is 206 g/mol. The number of pyridine rings is 1. The lowest BCUT2D eigenvalue weighted by Crippen LogP contribution is -1.90. The van der Waals surface area contributed by atoms with Crippen LogP contribution < -0.4 is 5.84 Å². The van der Waals surface area contributed by atoms with E-state index in [2.05, 4.69) is 10.1 Å². The molecule has 2 aromatic rings. The molecule has 0 aliphatic carbocycles. The molecule has 1 aromatic carbocycles. The number of benzene rings is 1. The normalized spacial score (nSPS) is 11.2. The van der Waals surface area contributed by atoms with Gasteiger partial charge < -0.3 is 5.84 Å². The van der Waals surface area contributed by atoms with Gasteiger partial charge in [0, 0.05) is 17.1 Å². The second-order valence-electron chi connectivity index (χ2n) is 2.82. The molecule has 0 fully saturated rings. The van der Waals surface area contributed by atoms with Gasteiger partial charge in [0.25, 0.3) is 0 Å². The molecule has 14 heavy (non-hydrogen) atoms. The molecule has 0 aliphatic heterocycles. The first-order valence-corrected chi connectivity index (χ1v) is 4.47. The van der Waals surface area contributed by atoms with Crippen molar-refractivity contribution in [2.45, 2.75) is 0 Å². The monoisotopic (exact) mass is 205 g/mol. The number of nitrogens with two attached hydrogens (primary N) is 1. The molecule has 2 rings (SSSR count). The number of aromatic nitrogens is 1. The Hall–Kier alpha value is -1.61. The summed E-state index contributed by atoms with van der Waals surface area (Å²) in [6.45, 7) is 0. The predicted octanol–water partition coefficient (Wildman–Crippen LogP) is 2.18. The average Bonchev–Trinajstić information content (AvgIpc) is 2.23. The molecule has 0 bridgehead atoms. The fourth-order valence-electron chi connectivity index (χ4n) is 1.29. The molecule has 0 amide bonds. The predicted molar refractivity (Wildman–Crippen MR) is 58.5 cm³/mol. The first-order valence-electron chi connectivity index (χ1n) is 4.09. The van der Waals surface area contributed by atoms with Crippen LogP contribution >= 0.6 is 11.6 Å². The number of para-hydroxylation sites is 1. The van der Waals surface area contributed by atoms with Crippen LogP contribution in [-0.4, -0.2) is 11.2 Å². The Morgan fingerprint density at radius 2 is 2.14 bits per heavy atom. The van der Waals surface area contributed by atoms with Crippen molar-refractivity contribution in [3.63, 3.8) is 0 Å². The van der Waals surface area contributed by atoms with Crippen LogP contribution in [0.3, 0.4) is 0 Å². The number of hydrogen-bond donors (Lipinski definition) is 1. The molecule has 0 saturated heterocycles. The zero-order valence-electron chi connectivity index (χ0n) is 7.31. The van der Waals surface area contributed by atoms with Crippen LogP contribution in [0.15, 0.2) is 35.6 Å². The maximum Gasteiger partial charge on any atom is 0.0717 e. The van der Waals surface area contributed by atoms with E-state index < -0.39 is 0 Å². The highest BCUT2D eigenvalue weighted by Crippen LogP contribution is 2.23. The van der Waals surface area contributed by atoms with E-state index in [1.54, 1.807) is 6.20 Å². The van der Waals surface area contributed by atoms with Gasteiger partial charge in [0.1, 0.15) is 0 Å². The molecule has 0 spiro atoms. The van der Waals surface area contributed by atoms with Crippen LogP contribution in [0, 0.1) is 0 Å². The Morgan fingerprint density at radius 1 is 1.36 bits per heavy atom. The number of rotatable bonds is 1. The molecule has 70 valence electrons. The van der Waals surface area contributed by atoms with Crippen LogP contribution in [0.1, 0.15) is 5.56 Å². The third kappa shape index (κ3) is 1.42. The lowest BCUT2D eigenvalue weighted by Gasteiger charge is -2.01. The van der Waals surface area contributed by atoms with E-state index >= 15 is 0 Å². The van der Waals surface area contributed by atoms with Crippen molar-refractivity contribution in [2.24, 2.45) is 10.9 Å². The lowest BCUT2D eigenvalue weighted by atomic mass is 10.2. The molecule has 3 nitrogen and oxygen atoms in total. The summed E-state index contributed by atoms with van der Waals surface area (Å²) in [6, 6.07) is 7.66. The van der Waals surface area contributed by atoms with Crippen LogP contribution in [-0.2, 0) is 0 Å². The van der Waals surface area contributed by atoms with E-state index in [9.17, 15) is 0 Å². The fraction of sp³-hybridized carbons (Fsp3) is 0. The third-order valence-electron chi connectivity index (χ3n) is 1.95. The van der Waals surface area contributed by atoms with Crippen LogP contribution in [0.4, 0.5) is 0 Å². The van der Waals surface area contributed by atoms with E-state index in [4.69, 9.17) is 17.4 Å². The van der Waals surface area contributed by atoms with Gasteiger partial charge in [0.15, 0.2) is 0 Å². The summed E-state index contributed by atoms with van der Waals surface area (Å²) in [5.41, 5.74) is 1.60. The molecule has 0 radical (unpaired) electrons. The Balaban J connectivity index is 2.75.